The second kappa shape index (κ2) is 7.75. The van der Waals surface area contributed by atoms with Crippen molar-refractivity contribution in [1.29, 1.82) is 5.26 Å². The van der Waals surface area contributed by atoms with Crippen LogP contribution in [-0.2, 0) is 4.74 Å². The summed E-state index contributed by atoms with van der Waals surface area (Å²) in [5, 5.41) is 19.0. The van der Waals surface area contributed by atoms with Gasteiger partial charge in [0.15, 0.2) is 0 Å². The van der Waals surface area contributed by atoms with E-state index in [0.717, 1.165) is 0 Å². The minimum Gasteiger partial charge on any atom is -0.444 e. The van der Waals surface area contributed by atoms with E-state index in [0.29, 0.717) is 23.4 Å². The van der Waals surface area contributed by atoms with Crippen LogP contribution in [0.3, 0.4) is 0 Å². The molecule has 0 saturated carbocycles. The van der Waals surface area contributed by atoms with Crippen LogP contribution in [0.2, 0.25) is 0 Å². The van der Waals surface area contributed by atoms with Crippen LogP contribution in [0.1, 0.15) is 51.5 Å². The van der Waals surface area contributed by atoms with Gasteiger partial charge in [0.05, 0.1) is 34.4 Å². The third-order valence-corrected chi connectivity index (χ3v) is 4.20. The van der Waals surface area contributed by atoms with Crippen LogP contribution >= 0.6 is 0 Å². The number of aromatic amines is 1. The van der Waals surface area contributed by atoms with Crippen molar-refractivity contribution in [2.45, 2.75) is 45.8 Å². The number of fused-ring (bicyclic) bond motifs is 1. The van der Waals surface area contributed by atoms with Crippen LogP contribution in [0.4, 0.5) is 4.79 Å². The lowest BCUT2D eigenvalue weighted by atomic mass is 10.1. The number of hydrogen-bond acceptors (Lipinski definition) is 6. The molecule has 2 aromatic heterocycles. The average molecular weight is 394 g/mol. The van der Waals surface area contributed by atoms with Gasteiger partial charge in [-0.3, -0.25) is 14.5 Å². The quantitative estimate of drug-likeness (QED) is 0.701. The molecule has 9 nitrogen and oxygen atoms in total. The fourth-order valence-electron chi connectivity index (χ4n) is 2.99. The van der Waals surface area contributed by atoms with Crippen LogP contribution < -0.4 is 10.9 Å². The van der Waals surface area contributed by atoms with Crippen molar-refractivity contribution in [1.82, 2.24) is 25.1 Å². The van der Waals surface area contributed by atoms with Gasteiger partial charge in [-0.1, -0.05) is 13.0 Å². The maximum Gasteiger partial charge on any atom is 0.408 e. The fraction of sp³-hybridized carbons (Fsp3) is 0.350. The van der Waals surface area contributed by atoms with E-state index in [1.54, 1.807) is 45.2 Å². The molecule has 1 atom stereocenters. The highest BCUT2D eigenvalue weighted by Crippen LogP contribution is 2.22. The molecular weight excluding hydrogens is 372 g/mol. The first kappa shape index (κ1) is 20.1. The summed E-state index contributed by atoms with van der Waals surface area (Å²) in [7, 11) is 0. The number of ether oxygens (including phenoxy) is 1. The largest absolute Gasteiger partial charge is 0.444 e. The van der Waals surface area contributed by atoms with Crippen LogP contribution in [0.5, 0.6) is 0 Å². The highest BCUT2D eigenvalue weighted by atomic mass is 16.6. The Morgan fingerprint density at radius 1 is 1.41 bits per heavy atom. The third kappa shape index (κ3) is 4.11. The molecule has 1 amide bonds. The SMILES string of the molecule is CC[C@H](NC(=O)OC(C)(C)C)c1nc2cccc(C#N)c2c(=O)n1-c1cn[nH]c1. The van der Waals surface area contributed by atoms with Gasteiger partial charge in [0, 0.05) is 6.20 Å². The fourth-order valence-corrected chi connectivity index (χ4v) is 2.99. The highest BCUT2D eigenvalue weighted by molar-refractivity contribution is 5.84. The van der Waals surface area contributed by atoms with E-state index in [9.17, 15) is 14.9 Å². The first-order chi connectivity index (χ1) is 13.7. The van der Waals surface area contributed by atoms with E-state index < -0.39 is 23.3 Å². The van der Waals surface area contributed by atoms with Crippen molar-refractivity contribution in [3.05, 3.63) is 52.3 Å². The number of alkyl carbamates (subject to hydrolysis) is 1. The number of amides is 1. The zero-order valence-corrected chi connectivity index (χ0v) is 16.7. The van der Waals surface area contributed by atoms with E-state index >= 15 is 0 Å². The topological polar surface area (TPSA) is 126 Å². The zero-order chi connectivity index (χ0) is 21.2. The molecule has 9 heteroatoms. The lowest BCUT2D eigenvalue weighted by Crippen LogP contribution is -2.37. The normalized spacial score (nSPS) is 12.4. The summed E-state index contributed by atoms with van der Waals surface area (Å²) in [6, 6.07) is 6.35. The molecule has 0 radical (unpaired) electrons. The molecule has 3 aromatic rings. The molecule has 0 fully saturated rings. The minimum atomic E-state index is -0.662. The summed E-state index contributed by atoms with van der Waals surface area (Å²) in [5.74, 6) is 0.326. The number of nitrogens with one attached hydrogen (secondary N) is 2. The Kier molecular flexibility index (Phi) is 5.37. The number of nitriles is 1. The summed E-state index contributed by atoms with van der Waals surface area (Å²) in [4.78, 5) is 30.3. The molecule has 0 aliphatic rings. The Morgan fingerprint density at radius 3 is 2.76 bits per heavy atom. The number of rotatable bonds is 4. The van der Waals surface area contributed by atoms with Crippen molar-refractivity contribution in [2.75, 3.05) is 0 Å². The molecule has 2 heterocycles. The van der Waals surface area contributed by atoms with E-state index in [2.05, 4.69) is 20.5 Å². The summed E-state index contributed by atoms with van der Waals surface area (Å²) in [5.41, 5.74) is 0.000207. The molecule has 0 aliphatic carbocycles. The van der Waals surface area contributed by atoms with E-state index in [4.69, 9.17) is 4.74 Å². The molecule has 150 valence electrons. The Hall–Kier alpha value is -3.67. The van der Waals surface area contributed by atoms with Gasteiger partial charge < -0.3 is 10.1 Å². The zero-order valence-electron chi connectivity index (χ0n) is 16.7. The molecule has 0 aliphatic heterocycles. The smallest absolute Gasteiger partial charge is 0.408 e. The maximum atomic E-state index is 13.3. The molecule has 29 heavy (non-hydrogen) atoms. The lowest BCUT2D eigenvalue weighted by molar-refractivity contribution is 0.0499. The number of carbonyl (C=O) groups excluding carboxylic acids is 1. The molecule has 1 aromatic carbocycles. The second-order valence-corrected chi connectivity index (χ2v) is 7.49. The molecule has 3 rings (SSSR count). The van der Waals surface area contributed by atoms with Crippen LogP contribution in [0.25, 0.3) is 16.6 Å². The monoisotopic (exact) mass is 394 g/mol. The Morgan fingerprint density at radius 2 is 2.17 bits per heavy atom. The summed E-state index contributed by atoms with van der Waals surface area (Å²) in [6.45, 7) is 7.18. The van der Waals surface area contributed by atoms with Crippen molar-refractivity contribution < 1.29 is 9.53 Å². The van der Waals surface area contributed by atoms with Crippen molar-refractivity contribution in [2.24, 2.45) is 0 Å². The van der Waals surface area contributed by atoms with Gasteiger partial charge in [-0.2, -0.15) is 10.4 Å². The van der Waals surface area contributed by atoms with Crippen LogP contribution in [-0.4, -0.2) is 31.4 Å². The van der Waals surface area contributed by atoms with Gasteiger partial charge in [-0.05, 0) is 39.3 Å². The Balaban J connectivity index is 2.20. The molecule has 0 spiro atoms. The van der Waals surface area contributed by atoms with Gasteiger partial charge in [-0.25, -0.2) is 9.78 Å². The molecular formula is C20H22N6O3. The first-order valence-electron chi connectivity index (χ1n) is 9.19. The van der Waals surface area contributed by atoms with Gasteiger partial charge in [-0.15, -0.1) is 0 Å². The van der Waals surface area contributed by atoms with Crippen molar-refractivity contribution in [3.63, 3.8) is 0 Å². The molecule has 2 N–H and O–H groups in total. The Labute approximate surface area is 167 Å². The standard InChI is InChI=1S/C20H22N6O3/c1-5-14(25-19(28)29-20(2,3)4)17-24-15-8-6-7-12(9-21)16(15)18(27)26(17)13-10-22-23-11-13/h6-8,10-11,14H,5H2,1-4H3,(H,22,23)(H,25,28)/t14-/m0/s1. The molecule has 0 saturated heterocycles. The second-order valence-electron chi connectivity index (χ2n) is 7.49. The summed E-state index contributed by atoms with van der Waals surface area (Å²) in [6.07, 6.45) is 2.89. The molecule has 0 bridgehead atoms. The van der Waals surface area contributed by atoms with Gasteiger partial charge >= 0.3 is 6.09 Å². The first-order valence-corrected chi connectivity index (χ1v) is 9.19. The van der Waals surface area contributed by atoms with Crippen LogP contribution in [0.15, 0.2) is 35.4 Å². The summed E-state index contributed by atoms with van der Waals surface area (Å²) >= 11 is 0. The Bertz CT molecular complexity index is 1140. The number of carbonyl (C=O) groups is 1. The maximum absolute atomic E-state index is 13.3. The lowest BCUT2D eigenvalue weighted by Gasteiger charge is -2.24. The van der Waals surface area contributed by atoms with E-state index in [1.807, 2.05) is 13.0 Å². The number of benzene rings is 1. The molecule has 0 unspecified atom stereocenters. The minimum absolute atomic E-state index is 0.215. The van der Waals surface area contributed by atoms with Crippen molar-refractivity contribution in [3.8, 4) is 11.8 Å². The van der Waals surface area contributed by atoms with Gasteiger partial charge in [0.1, 0.15) is 17.5 Å². The van der Waals surface area contributed by atoms with E-state index in [-0.39, 0.29) is 10.9 Å². The third-order valence-electron chi connectivity index (χ3n) is 4.20. The summed E-state index contributed by atoms with van der Waals surface area (Å²) < 4.78 is 6.71. The van der Waals surface area contributed by atoms with Crippen LogP contribution in [0, 0.1) is 11.3 Å². The number of aromatic nitrogens is 4. The number of hydrogen-bond donors (Lipinski definition) is 2. The van der Waals surface area contributed by atoms with Gasteiger partial charge in [0.2, 0.25) is 0 Å². The average Bonchev–Trinajstić information content (AvgIpc) is 3.18. The number of nitrogens with zero attached hydrogens (tertiary/aromatic N) is 4. The van der Waals surface area contributed by atoms with Crippen molar-refractivity contribution >= 4 is 17.0 Å². The van der Waals surface area contributed by atoms with E-state index in [1.165, 1.54) is 10.8 Å². The van der Waals surface area contributed by atoms with Gasteiger partial charge in [0.25, 0.3) is 5.56 Å². The predicted octanol–water partition coefficient (Wildman–Crippen LogP) is 2.96. The predicted molar refractivity (Wildman–Crippen MR) is 107 cm³/mol. The highest BCUT2D eigenvalue weighted by Gasteiger charge is 2.25. The number of H-pyrrole nitrogens is 1.